The topological polar surface area (TPSA) is 58.2 Å². The fraction of sp³-hybridized carbons (Fsp3) is 0.294. The lowest BCUT2D eigenvalue weighted by Gasteiger charge is -2.22. The Morgan fingerprint density at radius 3 is 3.00 bits per heavy atom. The average molecular weight is 297 g/mol. The van der Waals surface area contributed by atoms with E-state index in [1.165, 1.54) is 28.7 Å². The minimum atomic E-state index is -0.367. The van der Waals surface area contributed by atoms with E-state index >= 15 is 0 Å². The Bertz CT molecular complexity index is 705. The van der Waals surface area contributed by atoms with Crippen molar-refractivity contribution in [3.8, 4) is 0 Å². The van der Waals surface area contributed by atoms with Gasteiger partial charge >= 0.3 is 6.09 Å². The van der Waals surface area contributed by atoms with Crippen LogP contribution < -0.4 is 4.90 Å². The number of amides is 1. The van der Waals surface area contributed by atoms with E-state index in [9.17, 15) is 4.79 Å². The van der Waals surface area contributed by atoms with Crippen LogP contribution in [0.5, 0.6) is 0 Å². The van der Waals surface area contributed by atoms with Crippen molar-refractivity contribution < 1.29 is 9.53 Å². The summed E-state index contributed by atoms with van der Waals surface area (Å²) in [5.41, 5.74) is 5.53. The number of methoxy groups -OCH3 is 1. The summed E-state index contributed by atoms with van der Waals surface area (Å²) in [5.74, 6) is 0. The lowest BCUT2D eigenvalue weighted by atomic mass is 9.86. The molecular weight excluding hydrogens is 278 g/mol. The van der Waals surface area contributed by atoms with Gasteiger partial charge in [0, 0.05) is 18.9 Å². The van der Waals surface area contributed by atoms with Gasteiger partial charge in [0.2, 0.25) is 0 Å². The summed E-state index contributed by atoms with van der Waals surface area (Å²) in [5, 5.41) is 0. The third kappa shape index (κ3) is 2.74. The number of rotatable bonds is 2. The summed E-state index contributed by atoms with van der Waals surface area (Å²) in [6.07, 6.45) is 8.52. The molecule has 114 valence electrons. The van der Waals surface area contributed by atoms with E-state index in [4.69, 9.17) is 4.74 Å². The molecule has 2 aromatic rings. The Kier molecular flexibility index (Phi) is 3.96. The molecule has 1 N–H and O–H groups in total. The molecule has 5 heteroatoms. The minimum absolute atomic E-state index is 0.367. The Labute approximate surface area is 129 Å². The van der Waals surface area contributed by atoms with Crippen molar-refractivity contribution in [1.82, 2.24) is 9.97 Å². The zero-order valence-electron chi connectivity index (χ0n) is 12.8. The first-order chi connectivity index (χ1) is 10.7. The van der Waals surface area contributed by atoms with Crippen LogP contribution in [0.3, 0.4) is 0 Å². The number of H-pyrrole nitrogens is 1. The molecule has 1 aliphatic carbocycles. The smallest absolute Gasteiger partial charge is 0.413 e. The molecule has 1 heterocycles. The highest BCUT2D eigenvalue weighted by molar-refractivity contribution is 5.90. The Morgan fingerprint density at radius 1 is 1.41 bits per heavy atom. The number of fused-ring (bicyclic) bond motifs is 1. The molecule has 0 spiro atoms. The van der Waals surface area contributed by atoms with E-state index in [-0.39, 0.29) is 6.09 Å². The fourth-order valence-electron chi connectivity index (χ4n) is 2.82. The summed E-state index contributed by atoms with van der Waals surface area (Å²) in [6.45, 7) is 0. The van der Waals surface area contributed by atoms with Gasteiger partial charge in [-0.2, -0.15) is 0 Å². The first-order valence-corrected chi connectivity index (χ1v) is 7.33. The maximum absolute atomic E-state index is 11.7. The number of ether oxygens (including phenoxy) is 1. The second-order valence-electron chi connectivity index (χ2n) is 5.39. The molecule has 1 aromatic carbocycles. The number of aromatic nitrogens is 2. The third-order valence-electron chi connectivity index (χ3n) is 4.01. The molecule has 0 aliphatic heterocycles. The van der Waals surface area contributed by atoms with Crippen LogP contribution in [0, 0.1) is 0 Å². The number of imidazole rings is 1. The van der Waals surface area contributed by atoms with Crippen molar-refractivity contribution in [3.63, 3.8) is 0 Å². The van der Waals surface area contributed by atoms with Crippen LogP contribution in [-0.4, -0.2) is 30.2 Å². The van der Waals surface area contributed by atoms with Gasteiger partial charge in [0.05, 0.1) is 19.1 Å². The van der Waals surface area contributed by atoms with Crippen LogP contribution in [0.2, 0.25) is 0 Å². The fourth-order valence-corrected chi connectivity index (χ4v) is 2.82. The van der Waals surface area contributed by atoms with E-state index < -0.39 is 0 Å². The standard InChI is InChI=1S/C17H19N3O2/c1-20(17(21)22-2)15-7-6-12-4-3-5-13(16(12)9-15)8-14-10-18-11-19-14/h6-11H,3-5H2,1-2H3,(H,18,19)/b13-8+. The molecule has 0 fully saturated rings. The molecule has 0 unspecified atom stereocenters. The summed E-state index contributed by atoms with van der Waals surface area (Å²) in [7, 11) is 3.10. The van der Waals surface area contributed by atoms with E-state index in [1.807, 2.05) is 12.3 Å². The molecule has 1 amide bonds. The lowest BCUT2D eigenvalue weighted by molar-refractivity contribution is 0.180. The number of nitrogens with one attached hydrogen (secondary N) is 1. The highest BCUT2D eigenvalue weighted by Gasteiger charge is 2.18. The van der Waals surface area contributed by atoms with E-state index in [0.29, 0.717) is 0 Å². The molecule has 22 heavy (non-hydrogen) atoms. The largest absolute Gasteiger partial charge is 0.452 e. The van der Waals surface area contributed by atoms with E-state index in [0.717, 1.165) is 30.6 Å². The van der Waals surface area contributed by atoms with Gasteiger partial charge in [0.25, 0.3) is 0 Å². The second kappa shape index (κ2) is 6.05. The zero-order valence-corrected chi connectivity index (χ0v) is 12.8. The summed E-state index contributed by atoms with van der Waals surface area (Å²) in [6, 6.07) is 6.12. The molecule has 0 saturated heterocycles. The van der Waals surface area contributed by atoms with Crippen LogP contribution in [0.4, 0.5) is 10.5 Å². The van der Waals surface area contributed by atoms with Crippen LogP contribution in [0.1, 0.15) is 29.7 Å². The predicted octanol–water partition coefficient (Wildman–Crippen LogP) is 3.49. The first kappa shape index (κ1) is 14.4. The van der Waals surface area contributed by atoms with Crippen molar-refractivity contribution in [3.05, 3.63) is 47.5 Å². The van der Waals surface area contributed by atoms with Gasteiger partial charge in [-0.1, -0.05) is 6.07 Å². The van der Waals surface area contributed by atoms with Crippen LogP contribution >= 0.6 is 0 Å². The number of aromatic amines is 1. The number of aryl methyl sites for hydroxylation is 1. The van der Waals surface area contributed by atoms with Crippen molar-refractivity contribution in [2.45, 2.75) is 19.3 Å². The first-order valence-electron chi connectivity index (χ1n) is 7.33. The monoisotopic (exact) mass is 297 g/mol. The highest BCUT2D eigenvalue weighted by Crippen LogP contribution is 2.34. The van der Waals surface area contributed by atoms with Crippen LogP contribution in [-0.2, 0) is 11.2 Å². The normalized spacial score (nSPS) is 15.5. The van der Waals surface area contributed by atoms with Crippen LogP contribution in [0.15, 0.2) is 30.7 Å². The Balaban J connectivity index is 2.00. The van der Waals surface area contributed by atoms with Gasteiger partial charge in [-0.25, -0.2) is 9.78 Å². The Hall–Kier alpha value is -2.56. The maximum Gasteiger partial charge on any atom is 0.413 e. The van der Waals surface area contributed by atoms with E-state index in [2.05, 4.69) is 28.2 Å². The molecule has 1 aromatic heterocycles. The minimum Gasteiger partial charge on any atom is -0.452 e. The molecule has 5 nitrogen and oxygen atoms in total. The number of benzene rings is 1. The zero-order chi connectivity index (χ0) is 15.5. The maximum atomic E-state index is 11.7. The molecule has 3 rings (SSSR count). The lowest BCUT2D eigenvalue weighted by Crippen LogP contribution is -2.26. The van der Waals surface area contributed by atoms with Gasteiger partial charge in [-0.15, -0.1) is 0 Å². The number of nitrogens with zero attached hydrogens (tertiary/aromatic N) is 2. The van der Waals surface area contributed by atoms with Crippen LogP contribution in [0.25, 0.3) is 11.6 Å². The molecular formula is C17H19N3O2. The van der Waals surface area contributed by atoms with Crippen molar-refractivity contribution >= 4 is 23.4 Å². The van der Waals surface area contributed by atoms with Gasteiger partial charge < -0.3 is 9.72 Å². The summed E-state index contributed by atoms with van der Waals surface area (Å²) >= 11 is 0. The molecule has 0 bridgehead atoms. The predicted molar refractivity (Wildman–Crippen MR) is 86.6 cm³/mol. The molecule has 1 aliphatic rings. The SMILES string of the molecule is COC(=O)N(C)c1ccc2c(c1)/C(=C/c1c[nH]cn1)CCC2. The number of hydrogen-bond donors (Lipinski definition) is 1. The number of carbonyl (C=O) groups is 1. The second-order valence-corrected chi connectivity index (χ2v) is 5.39. The molecule has 0 atom stereocenters. The molecule has 0 radical (unpaired) electrons. The van der Waals surface area contributed by atoms with E-state index in [1.54, 1.807) is 13.4 Å². The van der Waals surface area contributed by atoms with Gasteiger partial charge in [-0.05, 0) is 54.2 Å². The average Bonchev–Trinajstić information content (AvgIpc) is 3.06. The van der Waals surface area contributed by atoms with Crippen molar-refractivity contribution in [2.75, 3.05) is 19.1 Å². The summed E-state index contributed by atoms with van der Waals surface area (Å²) < 4.78 is 4.78. The Morgan fingerprint density at radius 2 is 2.27 bits per heavy atom. The van der Waals surface area contributed by atoms with Crippen molar-refractivity contribution in [2.24, 2.45) is 0 Å². The quantitative estimate of drug-likeness (QED) is 0.923. The number of anilines is 1. The third-order valence-corrected chi connectivity index (χ3v) is 4.01. The molecule has 0 saturated carbocycles. The number of carbonyl (C=O) groups excluding carboxylic acids is 1. The van der Waals surface area contributed by atoms with Gasteiger partial charge in [0.15, 0.2) is 0 Å². The van der Waals surface area contributed by atoms with Gasteiger partial charge in [0.1, 0.15) is 0 Å². The highest BCUT2D eigenvalue weighted by atomic mass is 16.5. The van der Waals surface area contributed by atoms with Crippen molar-refractivity contribution in [1.29, 1.82) is 0 Å². The number of hydrogen-bond acceptors (Lipinski definition) is 3. The number of allylic oxidation sites excluding steroid dienone is 1. The summed E-state index contributed by atoms with van der Waals surface area (Å²) in [4.78, 5) is 20.4. The van der Waals surface area contributed by atoms with Gasteiger partial charge in [-0.3, -0.25) is 4.90 Å².